The lowest BCUT2D eigenvalue weighted by molar-refractivity contribution is 0.717. The van der Waals surface area contributed by atoms with Crippen molar-refractivity contribution in [1.82, 2.24) is 14.7 Å². The SMILES string of the molecule is CCCN(CCC)c1nc2ccccn2c1CNC. The fourth-order valence-corrected chi connectivity index (χ4v) is 2.48. The minimum absolute atomic E-state index is 0.838. The van der Waals surface area contributed by atoms with Crippen molar-refractivity contribution < 1.29 is 0 Å². The van der Waals surface area contributed by atoms with E-state index in [0.717, 1.165) is 43.9 Å². The van der Waals surface area contributed by atoms with Crippen molar-refractivity contribution in [3.63, 3.8) is 0 Å². The van der Waals surface area contributed by atoms with Crippen molar-refractivity contribution in [3.8, 4) is 0 Å². The van der Waals surface area contributed by atoms with Crippen LogP contribution in [0.2, 0.25) is 0 Å². The third-order valence-electron chi connectivity index (χ3n) is 3.24. The highest BCUT2D eigenvalue weighted by molar-refractivity contribution is 5.56. The van der Waals surface area contributed by atoms with Crippen LogP contribution in [0.5, 0.6) is 0 Å². The van der Waals surface area contributed by atoms with Gasteiger partial charge < -0.3 is 14.6 Å². The standard InChI is InChI=1S/C15H24N4/c1-4-9-18(10-5-2)15-13(12-16-3)19-11-7-6-8-14(19)17-15/h6-8,11,16H,4-5,9-10,12H2,1-3H3. The number of rotatable bonds is 7. The molecule has 0 spiro atoms. The van der Waals surface area contributed by atoms with E-state index in [2.05, 4.69) is 46.8 Å². The monoisotopic (exact) mass is 260 g/mol. The maximum Gasteiger partial charge on any atom is 0.152 e. The van der Waals surface area contributed by atoms with Crippen molar-refractivity contribution in [2.75, 3.05) is 25.0 Å². The van der Waals surface area contributed by atoms with Crippen molar-refractivity contribution in [2.24, 2.45) is 0 Å². The van der Waals surface area contributed by atoms with E-state index in [-0.39, 0.29) is 0 Å². The Morgan fingerprint density at radius 2 is 1.95 bits per heavy atom. The molecule has 2 rings (SSSR count). The van der Waals surface area contributed by atoms with E-state index in [1.54, 1.807) is 0 Å². The van der Waals surface area contributed by atoms with Gasteiger partial charge in [-0.05, 0) is 32.0 Å². The molecule has 0 amide bonds. The number of hydrogen-bond acceptors (Lipinski definition) is 3. The summed E-state index contributed by atoms with van der Waals surface area (Å²) in [5, 5.41) is 3.25. The number of nitrogens with zero attached hydrogens (tertiary/aromatic N) is 3. The molecule has 0 saturated heterocycles. The summed E-state index contributed by atoms with van der Waals surface area (Å²) < 4.78 is 2.18. The van der Waals surface area contributed by atoms with Gasteiger partial charge in [0.15, 0.2) is 5.82 Å². The van der Waals surface area contributed by atoms with Crippen LogP contribution in [0.4, 0.5) is 5.82 Å². The summed E-state index contributed by atoms with van der Waals surface area (Å²) in [6.07, 6.45) is 4.38. The van der Waals surface area contributed by atoms with E-state index in [1.807, 2.05) is 13.1 Å². The lowest BCUT2D eigenvalue weighted by Gasteiger charge is -2.22. The number of anilines is 1. The molecule has 0 saturated carbocycles. The molecule has 0 fully saturated rings. The van der Waals surface area contributed by atoms with E-state index in [0.29, 0.717) is 0 Å². The van der Waals surface area contributed by atoms with Gasteiger partial charge in [0.2, 0.25) is 0 Å². The van der Waals surface area contributed by atoms with E-state index in [1.165, 1.54) is 5.69 Å². The van der Waals surface area contributed by atoms with Gasteiger partial charge in [-0.3, -0.25) is 0 Å². The zero-order valence-electron chi connectivity index (χ0n) is 12.2. The summed E-state index contributed by atoms with van der Waals surface area (Å²) in [4.78, 5) is 7.22. The number of hydrogen-bond donors (Lipinski definition) is 1. The first-order valence-corrected chi connectivity index (χ1v) is 7.17. The van der Waals surface area contributed by atoms with E-state index >= 15 is 0 Å². The van der Waals surface area contributed by atoms with Crippen molar-refractivity contribution in [3.05, 3.63) is 30.1 Å². The molecule has 0 unspecified atom stereocenters. The van der Waals surface area contributed by atoms with Crippen LogP contribution in [0.1, 0.15) is 32.4 Å². The Bertz CT molecular complexity index is 512. The second kappa shape index (κ2) is 6.57. The largest absolute Gasteiger partial charge is 0.355 e. The van der Waals surface area contributed by atoms with Crippen LogP contribution in [0, 0.1) is 0 Å². The molecule has 19 heavy (non-hydrogen) atoms. The van der Waals surface area contributed by atoms with Gasteiger partial charge in [0.05, 0.1) is 5.69 Å². The minimum Gasteiger partial charge on any atom is -0.355 e. The minimum atomic E-state index is 0.838. The molecule has 4 nitrogen and oxygen atoms in total. The third-order valence-corrected chi connectivity index (χ3v) is 3.24. The summed E-state index contributed by atoms with van der Waals surface area (Å²) in [5.41, 5.74) is 2.28. The maximum absolute atomic E-state index is 4.82. The quantitative estimate of drug-likeness (QED) is 0.831. The summed E-state index contributed by atoms with van der Waals surface area (Å²) in [6.45, 7) is 7.40. The second-order valence-electron chi connectivity index (χ2n) is 4.83. The van der Waals surface area contributed by atoms with E-state index in [9.17, 15) is 0 Å². The van der Waals surface area contributed by atoms with Gasteiger partial charge in [0.25, 0.3) is 0 Å². The second-order valence-corrected chi connectivity index (χ2v) is 4.83. The smallest absolute Gasteiger partial charge is 0.152 e. The highest BCUT2D eigenvalue weighted by Gasteiger charge is 2.16. The number of pyridine rings is 1. The number of aromatic nitrogens is 2. The molecular weight excluding hydrogens is 236 g/mol. The van der Waals surface area contributed by atoms with Crippen LogP contribution in [-0.4, -0.2) is 29.5 Å². The summed E-state index contributed by atoms with van der Waals surface area (Å²) >= 11 is 0. The predicted molar refractivity (Wildman–Crippen MR) is 80.8 cm³/mol. The van der Waals surface area contributed by atoms with Gasteiger partial charge in [-0.15, -0.1) is 0 Å². The van der Waals surface area contributed by atoms with Crippen molar-refractivity contribution in [1.29, 1.82) is 0 Å². The fourth-order valence-electron chi connectivity index (χ4n) is 2.48. The van der Waals surface area contributed by atoms with Gasteiger partial charge in [-0.2, -0.15) is 0 Å². The first-order valence-electron chi connectivity index (χ1n) is 7.17. The molecule has 0 radical (unpaired) electrons. The van der Waals surface area contributed by atoms with Gasteiger partial charge in [0, 0.05) is 25.8 Å². The molecule has 4 heteroatoms. The van der Waals surface area contributed by atoms with Crippen LogP contribution in [-0.2, 0) is 6.54 Å². The van der Waals surface area contributed by atoms with Crippen molar-refractivity contribution in [2.45, 2.75) is 33.2 Å². The highest BCUT2D eigenvalue weighted by atomic mass is 15.2. The van der Waals surface area contributed by atoms with Crippen LogP contribution >= 0.6 is 0 Å². The summed E-state index contributed by atoms with van der Waals surface area (Å²) in [5.74, 6) is 1.13. The molecule has 2 heterocycles. The Hall–Kier alpha value is -1.55. The zero-order chi connectivity index (χ0) is 13.7. The van der Waals surface area contributed by atoms with Crippen LogP contribution in [0.3, 0.4) is 0 Å². The number of fused-ring (bicyclic) bond motifs is 1. The molecule has 0 aromatic carbocycles. The van der Waals surface area contributed by atoms with E-state index in [4.69, 9.17) is 4.98 Å². The van der Waals surface area contributed by atoms with Crippen molar-refractivity contribution >= 4 is 11.5 Å². The molecule has 0 aliphatic rings. The van der Waals surface area contributed by atoms with Gasteiger partial charge in [0.1, 0.15) is 5.65 Å². The molecular formula is C15H24N4. The number of nitrogens with one attached hydrogen (secondary N) is 1. The van der Waals surface area contributed by atoms with Gasteiger partial charge >= 0.3 is 0 Å². The first-order chi connectivity index (χ1) is 9.31. The molecule has 0 aliphatic carbocycles. The zero-order valence-corrected chi connectivity index (χ0v) is 12.2. The van der Waals surface area contributed by atoms with Gasteiger partial charge in [-0.1, -0.05) is 19.9 Å². The maximum atomic E-state index is 4.82. The molecule has 0 aliphatic heterocycles. The van der Waals surface area contributed by atoms with Crippen LogP contribution < -0.4 is 10.2 Å². The topological polar surface area (TPSA) is 32.6 Å². The Balaban J connectivity index is 2.46. The molecule has 104 valence electrons. The molecule has 0 bridgehead atoms. The normalized spacial score (nSPS) is 11.1. The Labute approximate surface area is 115 Å². The average molecular weight is 260 g/mol. The lowest BCUT2D eigenvalue weighted by Crippen LogP contribution is -2.27. The molecule has 0 atom stereocenters. The molecule has 2 aromatic heterocycles. The third kappa shape index (κ3) is 2.89. The Morgan fingerprint density at radius 1 is 1.21 bits per heavy atom. The predicted octanol–water partition coefficient (Wildman–Crippen LogP) is 2.68. The Kier molecular flexibility index (Phi) is 4.80. The lowest BCUT2D eigenvalue weighted by atomic mass is 10.3. The van der Waals surface area contributed by atoms with Crippen LogP contribution in [0.15, 0.2) is 24.4 Å². The highest BCUT2D eigenvalue weighted by Crippen LogP contribution is 2.22. The summed E-state index contributed by atoms with van der Waals surface area (Å²) in [7, 11) is 1.98. The first kappa shape index (κ1) is 13.9. The van der Waals surface area contributed by atoms with Gasteiger partial charge in [-0.25, -0.2) is 4.98 Å². The summed E-state index contributed by atoms with van der Waals surface area (Å²) in [6, 6.07) is 6.17. The molecule has 1 N–H and O–H groups in total. The number of imidazole rings is 1. The molecule has 2 aromatic rings. The average Bonchev–Trinajstić information content (AvgIpc) is 2.78. The fraction of sp³-hybridized carbons (Fsp3) is 0.533. The van der Waals surface area contributed by atoms with Crippen LogP contribution in [0.25, 0.3) is 5.65 Å². The van der Waals surface area contributed by atoms with E-state index < -0.39 is 0 Å². The Morgan fingerprint density at radius 3 is 2.58 bits per heavy atom.